The van der Waals surface area contributed by atoms with Crippen LogP contribution in [0.1, 0.15) is 52.9 Å². The number of ketones is 1. The fraction of sp³-hybridized carbons (Fsp3) is 0.750. The molecule has 23 heavy (non-hydrogen) atoms. The summed E-state index contributed by atoms with van der Waals surface area (Å²) in [6.07, 6.45) is 8.02. The van der Waals surface area contributed by atoms with E-state index in [0.29, 0.717) is 5.92 Å². The van der Waals surface area contributed by atoms with Crippen molar-refractivity contribution in [3.05, 3.63) is 24.3 Å². The lowest BCUT2D eigenvalue weighted by molar-refractivity contribution is -0.139. The van der Waals surface area contributed by atoms with E-state index >= 15 is 0 Å². The molecule has 2 saturated carbocycles. The Bertz CT molecular complexity index is 565. The van der Waals surface area contributed by atoms with Gasteiger partial charge in [0.2, 0.25) is 0 Å². The highest BCUT2D eigenvalue weighted by Crippen LogP contribution is 2.63. The van der Waals surface area contributed by atoms with E-state index in [0.717, 1.165) is 32.1 Å². The number of carbonyl (C=O) groups is 1. The van der Waals surface area contributed by atoms with Gasteiger partial charge in [-0.05, 0) is 60.8 Å². The van der Waals surface area contributed by atoms with E-state index in [-0.39, 0.29) is 29.1 Å². The molecule has 2 N–H and O–H groups in total. The zero-order valence-corrected chi connectivity index (χ0v) is 14.6. The molecule has 0 bridgehead atoms. The van der Waals surface area contributed by atoms with Crippen molar-refractivity contribution >= 4 is 5.78 Å². The number of allylic oxidation sites excluding steroid dienone is 2. The molecular weight excluding hydrogens is 288 g/mol. The molecule has 0 aromatic rings. The van der Waals surface area contributed by atoms with E-state index in [1.165, 1.54) is 5.57 Å². The molecule has 0 aromatic heterocycles. The van der Waals surface area contributed by atoms with Crippen LogP contribution in [0.2, 0.25) is 0 Å². The average molecular weight is 318 g/mol. The standard InChI is InChI=1S/C20H30O3/c1-5-18(2)8-9-19(3)13(11-18)6-7-14-15(19)10-16(22)17(23)20(14,4)12-21/h5,10,13-14,17,21,23H,1,6-9,11-12H2,2-4H3/t13-,14+,17-,18+,19+,20+/m0/s1. The van der Waals surface area contributed by atoms with Crippen molar-refractivity contribution in [2.75, 3.05) is 6.61 Å². The van der Waals surface area contributed by atoms with Crippen molar-refractivity contribution < 1.29 is 15.0 Å². The largest absolute Gasteiger partial charge is 0.396 e. The molecule has 0 amide bonds. The van der Waals surface area contributed by atoms with Crippen molar-refractivity contribution in [2.45, 2.75) is 59.0 Å². The molecule has 3 rings (SSSR count). The normalized spacial score (nSPS) is 49.9. The maximum atomic E-state index is 12.4. The van der Waals surface area contributed by atoms with Crippen molar-refractivity contribution in [1.82, 2.24) is 0 Å². The first kappa shape index (κ1) is 16.9. The summed E-state index contributed by atoms with van der Waals surface area (Å²) in [5, 5.41) is 20.3. The number of aliphatic hydroxyl groups excluding tert-OH is 2. The first-order valence-electron chi connectivity index (χ1n) is 8.89. The number of hydrogen-bond acceptors (Lipinski definition) is 3. The minimum absolute atomic E-state index is 0.0116. The molecule has 0 heterocycles. The molecule has 3 heteroatoms. The van der Waals surface area contributed by atoms with Gasteiger partial charge in [0, 0.05) is 5.41 Å². The van der Waals surface area contributed by atoms with Gasteiger partial charge in [-0.1, -0.05) is 32.4 Å². The molecule has 2 fully saturated rings. The third kappa shape index (κ3) is 2.27. The smallest absolute Gasteiger partial charge is 0.184 e. The minimum atomic E-state index is -1.08. The van der Waals surface area contributed by atoms with Gasteiger partial charge in [-0.25, -0.2) is 0 Å². The van der Waals surface area contributed by atoms with Crippen LogP contribution in [0.25, 0.3) is 0 Å². The number of aliphatic hydroxyl groups is 2. The van der Waals surface area contributed by atoms with Crippen LogP contribution in [0.5, 0.6) is 0 Å². The van der Waals surface area contributed by atoms with Crippen LogP contribution in [0.4, 0.5) is 0 Å². The summed E-state index contributed by atoms with van der Waals surface area (Å²) in [4.78, 5) is 12.4. The molecule has 6 atom stereocenters. The Labute approximate surface area is 139 Å². The molecule has 0 aliphatic heterocycles. The molecular formula is C20H30O3. The molecule has 3 aliphatic carbocycles. The quantitative estimate of drug-likeness (QED) is 0.768. The summed E-state index contributed by atoms with van der Waals surface area (Å²) in [6, 6.07) is 0. The third-order valence-electron chi connectivity index (χ3n) is 7.49. The molecule has 3 nitrogen and oxygen atoms in total. The number of carbonyl (C=O) groups excluding carboxylic acids is 1. The van der Waals surface area contributed by atoms with Gasteiger partial charge in [0.15, 0.2) is 5.78 Å². The molecule has 128 valence electrons. The van der Waals surface area contributed by atoms with Crippen LogP contribution in [-0.4, -0.2) is 28.7 Å². The van der Waals surface area contributed by atoms with Crippen molar-refractivity contribution in [2.24, 2.45) is 28.1 Å². The van der Waals surface area contributed by atoms with Gasteiger partial charge in [-0.15, -0.1) is 6.58 Å². The van der Waals surface area contributed by atoms with Gasteiger partial charge in [-0.2, -0.15) is 0 Å². The predicted molar refractivity (Wildman–Crippen MR) is 90.8 cm³/mol. The maximum Gasteiger partial charge on any atom is 0.184 e. The molecule has 0 saturated heterocycles. The molecule has 0 spiro atoms. The highest BCUT2D eigenvalue weighted by molar-refractivity contribution is 5.96. The zero-order valence-electron chi connectivity index (χ0n) is 14.6. The van der Waals surface area contributed by atoms with E-state index in [4.69, 9.17) is 0 Å². The highest BCUT2D eigenvalue weighted by atomic mass is 16.3. The highest BCUT2D eigenvalue weighted by Gasteiger charge is 2.57. The summed E-state index contributed by atoms with van der Waals surface area (Å²) in [5.41, 5.74) is 0.647. The van der Waals surface area contributed by atoms with E-state index in [1.54, 1.807) is 6.08 Å². The second-order valence-corrected chi connectivity index (χ2v) is 8.88. The molecule has 0 radical (unpaired) electrons. The Balaban J connectivity index is 2.02. The Hall–Kier alpha value is -0.930. The van der Waals surface area contributed by atoms with E-state index in [9.17, 15) is 15.0 Å². The van der Waals surface area contributed by atoms with Gasteiger partial charge in [0.1, 0.15) is 6.10 Å². The lowest BCUT2D eigenvalue weighted by Crippen LogP contribution is -2.56. The van der Waals surface area contributed by atoms with Gasteiger partial charge < -0.3 is 10.2 Å². The summed E-state index contributed by atoms with van der Waals surface area (Å²) < 4.78 is 0. The van der Waals surface area contributed by atoms with Crippen molar-refractivity contribution in [1.29, 1.82) is 0 Å². The third-order valence-corrected chi connectivity index (χ3v) is 7.49. The van der Waals surface area contributed by atoms with Crippen LogP contribution in [-0.2, 0) is 4.79 Å². The Kier molecular flexibility index (Phi) is 3.89. The topological polar surface area (TPSA) is 57.5 Å². The van der Waals surface area contributed by atoms with E-state index < -0.39 is 11.5 Å². The van der Waals surface area contributed by atoms with Gasteiger partial charge >= 0.3 is 0 Å². The Morgan fingerprint density at radius 1 is 1.30 bits per heavy atom. The lowest BCUT2D eigenvalue weighted by Gasteiger charge is -2.58. The summed E-state index contributed by atoms with van der Waals surface area (Å²) >= 11 is 0. The van der Waals surface area contributed by atoms with Crippen LogP contribution in [0.3, 0.4) is 0 Å². The van der Waals surface area contributed by atoms with E-state index in [1.807, 2.05) is 6.92 Å². The fourth-order valence-corrected chi connectivity index (χ4v) is 5.44. The number of hydrogen-bond donors (Lipinski definition) is 2. The van der Waals surface area contributed by atoms with Crippen LogP contribution < -0.4 is 0 Å². The van der Waals surface area contributed by atoms with Crippen LogP contribution in [0, 0.1) is 28.1 Å². The summed E-state index contributed by atoms with van der Waals surface area (Å²) in [7, 11) is 0. The van der Waals surface area contributed by atoms with Gasteiger partial charge in [0.05, 0.1) is 6.61 Å². The maximum absolute atomic E-state index is 12.4. The second kappa shape index (κ2) is 5.29. The van der Waals surface area contributed by atoms with E-state index in [2.05, 4.69) is 26.5 Å². The Morgan fingerprint density at radius 2 is 2.00 bits per heavy atom. The summed E-state index contributed by atoms with van der Waals surface area (Å²) in [6.45, 7) is 10.3. The minimum Gasteiger partial charge on any atom is -0.396 e. The van der Waals surface area contributed by atoms with Crippen molar-refractivity contribution in [3.8, 4) is 0 Å². The fourth-order valence-electron chi connectivity index (χ4n) is 5.44. The monoisotopic (exact) mass is 318 g/mol. The first-order chi connectivity index (χ1) is 10.7. The summed E-state index contributed by atoms with van der Waals surface area (Å²) in [5.74, 6) is 0.425. The van der Waals surface area contributed by atoms with Crippen molar-refractivity contribution in [3.63, 3.8) is 0 Å². The predicted octanol–water partition coefficient (Wildman–Crippen LogP) is 3.26. The van der Waals surface area contributed by atoms with Gasteiger partial charge in [0.25, 0.3) is 0 Å². The molecule has 3 aliphatic rings. The number of fused-ring (bicyclic) bond motifs is 3. The molecule has 0 unspecified atom stereocenters. The Morgan fingerprint density at radius 3 is 2.61 bits per heavy atom. The first-order valence-corrected chi connectivity index (χ1v) is 8.89. The van der Waals surface area contributed by atoms with Crippen LogP contribution >= 0.6 is 0 Å². The second-order valence-electron chi connectivity index (χ2n) is 8.88. The molecule has 0 aromatic carbocycles. The average Bonchev–Trinajstić information content (AvgIpc) is 2.54. The lowest BCUT2D eigenvalue weighted by atomic mass is 9.46. The van der Waals surface area contributed by atoms with Gasteiger partial charge in [-0.3, -0.25) is 4.79 Å². The number of rotatable bonds is 2. The van der Waals surface area contributed by atoms with Crippen LogP contribution in [0.15, 0.2) is 24.3 Å². The zero-order chi connectivity index (χ0) is 17.0. The SMILES string of the molecule is C=C[C@]1(C)CC[C@@]2(C)C3=CC(=O)[C@H](O)[C@](C)(CO)[C@@H]3CC[C@H]2C1.